The van der Waals surface area contributed by atoms with Crippen molar-refractivity contribution in [3.63, 3.8) is 0 Å². The summed E-state index contributed by atoms with van der Waals surface area (Å²) in [5.74, 6) is -1.32. The van der Waals surface area contributed by atoms with E-state index in [-0.39, 0.29) is 13.2 Å². The summed E-state index contributed by atoms with van der Waals surface area (Å²) in [6, 6.07) is 6.79. The van der Waals surface area contributed by atoms with Crippen molar-refractivity contribution in [1.82, 2.24) is 9.80 Å². The maximum absolute atomic E-state index is 13.4. The lowest BCUT2D eigenvalue weighted by molar-refractivity contribution is -0.232. The first-order valence-electron chi connectivity index (χ1n) is 10.3. The van der Waals surface area contributed by atoms with E-state index in [0.29, 0.717) is 0 Å². The molecule has 6 atom stereocenters. The van der Waals surface area contributed by atoms with Gasteiger partial charge in [0.2, 0.25) is 0 Å². The number of aliphatic hydroxyl groups excluding tert-OH is 1. The summed E-state index contributed by atoms with van der Waals surface area (Å²) in [4.78, 5) is 41.4. The van der Waals surface area contributed by atoms with Crippen molar-refractivity contribution in [3.8, 4) is 0 Å². The Bertz CT molecular complexity index is 864. The Labute approximate surface area is 179 Å². The van der Waals surface area contributed by atoms with Gasteiger partial charge in [-0.15, -0.1) is 0 Å². The lowest BCUT2D eigenvalue weighted by atomic mass is 9.87. The van der Waals surface area contributed by atoms with Crippen molar-refractivity contribution in [3.05, 3.63) is 35.9 Å². The molecule has 0 aliphatic carbocycles. The van der Waals surface area contributed by atoms with Crippen LogP contribution in [0.3, 0.4) is 0 Å². The maximum atomic E-state index is 13.4. The number of β-lactam (4-membered cyclic amide) rings is 1. The average molecular weight is 434 g/mol. The van der Waals surface area contributed by atoms with Crippen LogP contribution >= 0.6 is 0 Å². The average Bonchev–Trinajstić information content (AvgIpc) is 3.26. The minimum Gasteiger partial charge on any atom is -0.462 e. The molecule has 1 aromatic rings. The SMILES string of the molecule is CCOC(=O)C1(N2C(=O)[C@@H](N3C(=O)OC[C@@H]3c3ccccc3)[C@H]2CO)OC(C)OC1C. The molecule has 0 saturated carbocycles. The Morgan fingerprint density at radius 2 is 1.97 bits per heavy atom. The van der Waals surface area contributed by atoms with E-state index >= 15 is 0 Å². The molecule has 3 heterocycles. The van der Waals surface area contributed by atoms with Crippen LogP contribution in [-0.4, -0.2) is 82.9 Å². The molecule has 3 fully saturated rings. The van der Waals surface area contributed by atoms with Gasteiger partial charge in [-0.1, -0.05) is 30.3 Å². The fourth-order valence-electron chi connectivity index (χ4n) is 4.65. The van der Waals surface area contributed by atoms with E-state index in [4.69, 9.17) is 18.9 Å². The zero-order chi connectivity index (χ0) is 22.3. The highest BCUT2D eigenvalue weighted by molar-refractivity contribution is 5.97. The number of likely N-dealkylation sites (tertiary alicyclic amines) is 1. The molecule has 0 spiro atoms. The van der Waals surface area contributed by atoms with Crippen LogP contribution < -0.4 is 0 Å². The summed E-state index contributed by atoms with van der Waals surface area (Å²) in [7, 11) is 0. The molecular formula is C21H26N2O8. The molecule has 31 heavy (non-hydrogen) atoms. The van der Waals surface area contributed by atoms with Gasteiger partial charge in [0.05, 0.1) is 25.3 Å². The van der Waals surface area contributed by atoms with E-state index in [2.05, 4.69) is 0 Å². The predicted molar refractivity (Wildman–Crippen MR) is 104 cm³/mol. The molecule has 1 aromatic carbocycles. The van der Waals surface area contributed by atoms with Crippen LogP contribution in [0.1, 0.15) is 32.4 Å². The van der Waals surface area contributed by atoms with E-state index < -0.39 is 60.8 Å². The Morgan fingerprint density at radius 1 is 1.26 bits per heavy atom. The number of cyclic esters (lactones) is 1. The Balaban J connectivity index is 1.68. The number of amides is 2. The van der Waals surface area contributed by atoms with Crippen LogP contribution in [0.5, 0.6) is 0 Å². The third-order valence-electron chi connectivity index (χ3n) is 5.99. The van der Waals surface area contributed by atoms with E-state index in [1.165, 1.54) is 4.90 Å². The summed E-state index contributed by atoms with van der Waals surface area (Å²) < 4.78 is 21.8. The monoisotopic (exact) mass is 434 g/mol. The second kappa shape index (κ2) is 8.10. The number of aliphatic hydroxyl groups is 1. The fourth-order valence-corrected chi connectivity index (χ4v) is 4.65. The fraction of sp³-hybridized carbons (Fsp3) is 0.571. The van der Waals surface area contributed by atoms with Crippen LogP contribution in [-0.2, 0) is 28.5 Å². The normalized spacial score (nSPS) is 35.2. The number of ether oxygens (including phenoxy) is 4. The number of hydrogen-bond donors (Lipinski definition) is 1. The first-order chi connectivity index (χ1) is 14.9. The second-order valence-corrected chi connectivity index (χ2v) is 7.69. The summed E-state index contributed by atoms with van der Waals surface area (Å²) in [6.45, 7) is 4.52. The number of benzene rings is 1. The minimum absolute atomic E-state index is 0.0782. The molecule has 10 heteroatoms. The Kier molecular flexibility index (Phi) is 5.63. The van der Waals surface area contributed by atoms with Gasteiger partial charge in [-0.25, -0.2) is 9.59 Å². The summed E-state index contributed by atoms with van der Waals surface area (Å²) in [6.07, 6.45) is -2.25. The molecule has 0 aromatic heterocycles. The van der Waals surface area contributed by atoms with Crippen molar-refractivity contribution >= 4 is 18.0 Å². The number of esters is 1. The van der Waals surface area contributed by atoms with Gasteiger partial charge in [0.1, 0.15) is 18.8 Å². The molecule has 0 radical (unpaired) electrons. The maximum Gasteiger partial charge on any atom is 0.411 e. The molecule has 4 rings (SSSR count). The molecular weight excluding hydrogens is 408 g/mol. The lowest BCUT2D eigenvalue weighted by Gasteiger charge is -2.55. The van der Waals surface area contributed by atoms with E-state index in [1.807, 2.05) is 30.3 Å². The standard InChI is InChI=1S/C21H26N2O8/c1-4-28-19(26)21(12(2)30-13(3)31-21)23-15(10-24)17(18(23)25)22-16(11-29-20(22)27)14-8-6-5-7-9-14/h5-9,12-13,15-17,24H,4,10-11H2,1-3H3/t12?,13?,15-,16-,17+,21?/m1/s1. The quantitative estimate of drug-likeness (QED) is 0.516. The van der Waals surface area contributed by atoms with Gasteiger partial charge in [0.15, 0.2) is 6.29 Å². The van der Waals surface area contributed by atoms with Gasteiger partial charge in [-0.3, -0.25) is 14.6 Å². The molecule has 3 saturated heterocycles. The van der Waals surface area contributed by atoms with Crippen molar-refractivity contribution in [2.24, 2.45) is 0 Å². The Hall–Kier alpha value is -2.69. The number of carbonyl (C=O) groups is 3. The van der Waals surface area contributed by atoms with Gasteiger partial charge in [-0.05, 0) is 26.3 Å². The molecule has 10 nitrogen and oxygen atoms in total. The smallest absolute Gasteiger partial charge is 0.411 e. The molecule has 0 bridgehead atoms. The molecule has 3 unspecified atom stereocenters. The molecule has 2 amide bonds. The molecule has 168 valence electrons. The van der Waals surface area contributed by atoms with E-state index in [0.717, 1.165) is 10.5 Å². The first-order valence-corrected chi connectivity index (χ1v) is 10.3. The van der Waals surface area contributed by atoms with Gasteiger partial charge < -0.3 is 24.1 Å². The van der Waals surface area contributed by atoms with Crippen LogP contribution in [0, 0.1) is 0 Å². The second-order valence-electron chi connectivity index (χ2n) is 7.69. The third-order valence-corrected chi connectivity index (χ3v) is 5.99. The van der Waals surface area contributed by atoms with Gasteiger partial charge in [-0.2, -0.15) is 0 Å². The highest BCUT2D eigenvalue weighted by Crippen LogP contribution is 2.44. The molecule has 3 aliphatic rings. The topological polar surface area (TPSA) is 115 Å². The zero-order valence-corrected chi connectivity index (χ0v) is 17.6. The van der Waals surface area contributed by atoms with Crippen molar-refractivity contribution in [2.45, 2.75) is 57.0 Å². The predicted octanol–water partition coefficient (Wildman–Crippen LogP) is 0.792. The number of carbonyl (C=O) groups excluding carboxylic acids is 3. The van der Waals surface area contributed by atoms with E-state index in [9.17, 15) is 19.5 Å². The number of rotatable bonds is 6. The Morgan fingerprint density at radius 3 is 2.55 bits per heavy atom. The van der Waals surface area contributed by atoms with Gasteiger partial charge >= 0.3 is 12.1 Å². The summed E-state index contributed by atoms with van der Waals surface area (Å²) in [5.41, 5.74) is -1.04. The van der Waals surface area contributed by atoms with Crippen molar-refractivity contribution < 1.29 is 38.4 Å². The molecule has 3 aliphatic heterocycles. The molecule has 1 N–H and O–H groups in total. The van der Waals surface area contributed by atoms with Gasteiger partial charge in [0, 0.05) is 0 Å². The van der Waals surface area contributed by atoms with E-state index in [1.54, 1.807) is 20.8 Å². The summed E-state index contributed by atoms with van der Waals surface area (Å²) >= 11 is 0. The van der Waals surface area contributed by atoms with Gasteiger partial charge in [0.25, 0.3) is 11.6 Å². The minimum atomic E-state index is -1.84. The highest BCUT2D eigenvalue weighted by Gasteiger charge is 2.69. The third kappa shape index (κ3) is 3.17. The van der Waals surface area contributed by atoms with Crippen LogP contribution in [0.4, 0.5) is 4.79 Å². The summed E-state index contributed by atoms with van der Waals surface area (Å²) in [5, 5.41) is 10.2. The highest BCUT2D eigenvalue weighted by atomic mass is 16.8. The van der Waals surface area contributed by atoms with Crippen LogP contribution in [0.2, 0.25) is 0 Å². The number of hydrogen-bond acceptors (Lipinski definition) is 8. The first kappa shape index (κ1) is 21.5. The lowest BCUT2D eigenvalue weighted by Crippen LogP contribution is -2.81. The zero-order valence-electron chi connectivity index (χ0n) is 17.6. The van der Waals surface area contributed by atoms with Crippen LogP contribution in [0.15, 0.2) is 30.3 Å². The van der Waals surface area contributed by atoms with Crippen molar-refractivity contribution in [2.75, 3.05) is 19.8 Å². The van der Waals surface area contributed by atoms with Crippen molar-refractivity contribution in [1.29, 1.82) is 0 Å². The number of nitrogens with zero attached hydrogens (tertiary/aromatic N) is 2. The largest absolute Gasteiger partial charge is 0.462 e. The van der Waals surface area contributed by atoms with Crippen LogP contribution in [0.25, 0.3) is 0 Å².